The lowest BCUT2D eigenvalue weighted by Gasteiger charge is -2.11. The van der Waals surface area contributed by atoms with Gasteiger partial charge in [-0.15, -0.1) is 0 Å². The number of carbonyl (C=O) groups is 1. The van der Waals surface area contributed by atoms with Crippen LogP contribution in [0.1, 0.15) is 29.6 Å². The van der Waals surface area contributed by atoms with Gasteiger partial charge in [-0.05, 0) is 31.4 Å². The minimum absolute atomic E-state index is 0.113. The SMILES string of the molecule is Nc1cc(C(=O)NCCC2CCCO2)c2ccccc2n1. The molecule has 1 fully saturated rings. The van der Waals surface area contributed by atoms with E-state index in [0.717, 1.165) is 36.8 Å². The van der Waals surface area contributed by atoms with Crippen molar-refractivity contribution >= 4 is 22.6 Å². The summed E-state index contributed by atoms with van der Waals surface area (Å²) in [6.45, 7) is 1.45. The van der Waals surface area contributed by atoms with Crippen molar-refractivity contribution in [3.8, 4) is 0 Å². The van der Waals surface area contributed by atoms with Gasteiger partial charge in [0, 0.05) is 18.5 Å². The summed E-state index contributed by atoms with van der Waals surface area (Å²) in [5.74, 6) is 0.247. The second kappa shape index (κ2) is 6.10. The Balaban J connectivity index is 1.71. The van der Waals surface area contributed by atoms with Crippen molar-refractivity contribution in [2.45, 2.75) is 25.4 Å². The Hall–Kier alpha value is -2.14. The van der Waals surface area contributed by atoms with Crippen LogP contribution in [0.5, 0.6) is 0 Å². The third-order valence-electron chi connectivity index (χ3n) is 3.76. The van der Waals surface area contributed by atoms with Gasteiger partial charge in [-0.25, -0.2) is 4.98 Å². The highest BCUT2D eigenvalue weighted by atomic mass is 16.5. The van der Waals surface area contributed by atoms with Crippen molar-refractivity contribution in [1.82, 2.24) is 10.3 Å². The van der Waals surface area contributed by atoms with E-state index in [0.29, 0.717) is 17.9 Å². The molecule has 5 heteroatoms. The van der Waals surface area contributed by atoms with Crippen molar-refractivity contribution in [2.75, 3.05) is 18.9 Å². The number of benzene rings is 1. The summed E-state index contributed by atoms with van der Waals surface area (Å²) in [6.07, 6.45) is 3.33. The monoisotopic (exact) mass is 285 g/mol. The quantitative estimate of drug-likeness (QED) is 0.902. The number of ether oxygens (including phenoxy) is 1. The first-order valence-electron chi connectivity index (χ1n) is 7.29. The van der Waals surface area contributed by atoms with Gasteiger partial charge in [0.05, 0.1) is 17.2 Å². The third kappa shape index (κ3) is 3.13. The third-order valence-corrected chi connectivity index (χ3v) is 3.76. The number of fused-ring (bicyclic) bond motifs is 1. The standard InChI is InChI=1S/C16H19N3O2/c17-15-10-13(12-5-1-2-6-14(12)19-15)16(20)18-8-7-11-4-3-9-21-11/h1-2,5-6,10-11H,3-4,7-9H2,(H2,17,19)(H,18,20). The second-order valence-electron chi connectivity index (χ2n) is 5.29. The Morgan fingerprint density at radius 2 is 2.29 bits per heavy atom. The number of amides is 1. The van der Waals surface area contributed by atoms with E-state index < -0.39 is 0 Å². The van der Waals surface area contributed by atoms with E-state index in [1.165, 1.54) is 0 Å². The van der Waals surface area contributed by atoms with Crippen LogP contribution in [0.2, 0.25) is 0 Å². The van der Waals surface area contributed by atoms with Crippen molar-refractivity contribution < 1.29 is 9.53 Å². The molecule has 1 aliphatic rings. The van der Waals surface area contributed by atoms with Crippen LogP contribution in [0.3, 0.4) is 0 Å². The van der Waals surface area contributed by atoms with E-state index in [1.807, 2.05) is 24.3 Å². The van der Waals surface area contributed by atoms with Gasteiger partial charge < -0.3 is 15.8 Å². The first-order valence-corrected chi connectivity index (χ1v) is 7.29. The number of anilines is 1. The molecule has 1 saturated heterocycles. The number of carbonyl (C=O) groups excluding carboxylic acids is 1. The highest BCUT2D eigenvalue weighted by Gasteiger charge is 2.16. The van der Waals surface area contributed by atoms with Crippen molar-refractivity contribution in [3.63, 3.8) is 0 Å². The lowest BCUT2D eigenvalue weighted by molar-refractivity contribution is 0.0908. The number of aromatic nitrogens is 1. The Kier molecular flexibility index (Phi) is 4.01. The molecule has 0 spiro atoms. The van der Waals surface area contributed by atoms with Crippen LogP contribution in [0, 0.1) is 0 Å². The van der Waals surface area contributed by atoms with E-state index in [4.69, 9.17) is 10.5 Å². The molecule has 1 aliphatic heterocycles. The summed E-state index contributed by atoms with van der Waals surface area (Å²) in [5.41, 5.74) is 7.09. The predicted octanol–water partition coefficient (Wildman–Crippen LogP) is 2.12. The lowest BCUT2D eigenvalue weighted by Crippen LogP contribution is -2.27. The highest BCUT2D eigenvalue weighted by Crippen LogP contribution is 2.19. The fourth-order valence-corrected chi connectivity index (χ4v) is 2.70. The number of nitrogens with zero attached hydrogens (tertiary/aromatic N) is 1. The van der Waals surface area contributed by atoms with E-state index in [2.05, 4.69) is 10.3 Å². The van der Waals surface area contributed by atoms with Crippen LogP contribution in [0.25, 0.3) is 10.9 Å². The van der Waals surface area contributed by atoms with Crippen molar-refractivity contribution in [1.29, 1.82) is 0 Å². The Morgan fingerprint density at radius 1 is 1.43 bits per heavy atom. The van der Waals surface area contributed by atoms with Crippen LogP contribution in [0.4, 0.5) is 5.82 Å². The molecule has 1 amide bonds. The zero-order valence-electron chi connectivity index (χ0n) is 11.8. The van der Waals surface area contributed by atoms with E-state index in [-0.39, 0.29) is 12.0 Å². The molecule has 110 valence electrons. The average Bonchev–Trinajstić information content (AvgIpc) is 2.99. The molecule has 0 aliphatic carbocycles. The maximum Gasteiger partial charge on any atom is 0.252 e. The van der Waals surface area contributed by atoms with Crippen LogP contribution < -0.4 is 11.1 Å². The fourth-order valence-electron chi connectivity index (χ4n) is 2.70. The van der Waals surface area contributed by atoms with E-state index in [9.17, 15) is 4.79 Å². The molecule has 2 heterocycles. The second-order valence-corrected chi connectivity index (χ2v) is 5.29. The van der Waals surface area contributed by atoms with Crippen LogP contribution in [0.15, 0.2) is 30.3 Å². The summed E-state index contributed by atoms with van der Waals surface area (Å²) >= 11 is 0. The van der Waals surface area contributed by atoms with Gasteiger partial charge in [0.2, 0.25) is 0 Å². The fraction of sp³-hybridized carbons (Fsp3) is 0.375. The zero-order valence-corrected chi connectivity index (χ0v) is 11.8. The molecule has 1 unspecified atom stereocenters. The molecule has 21 heavy (non-hydrogen) atoms. The zero-order chi connectivity index (χ0) is 14.7. The summed E-state index contributed by atoms with van der Waals surface area (Å²) < 4.78 is 5.55. The molecule has 3 N–H and O–H groups in total. The maximum absolute atomic E-state index is 12.3. The Morgan fingerprint density at radius 3 is 3.10 bits per heavy atom. The van der Waals surface area contributed by atoms with Crippen LogP contribution >= 0.6 is 0 Å². The van der Waals surface area contributed by atoms with Gasteiger partial charge in [0.15, 0.2) is 0 Å². The van der Waals surface area contributed by atoms with E-state index in [1.54, 1.807) is 6.07 Å². The largest absolute Gasteiger partial charge is 0.384 e. The number of nitrogens with one attached hydrogen (secondary N) is 1. The molecular weight excluding hydrogens is 266 g/mol. The molecule has 0 radical (unpaired) electrons. The van der Waals surface area contributed by atoms with Gasteiger partial charge in [-0.2, -0.15) is 0 Å². The molecule has 5 nitrogen and oxygen atoms in total. The molecule has 3 rings (SSSR count). The first-order chi connectivity index (χ1) is 10.2. The van der Waals surface area contributed by atoms with Gasteiger partial charge in [-0.3, -0.25) is 4.79 Å². The number of nitrogens with two attached hydrogens (primary N) is 1. The van der Waals surface area contributed by atoms with E-state index >= 15 is 0 Å². The van der Waals surface area contributed by atoms with Crippen molar-refractivity contribution in [3.05, 3.63) is 35.9 Å². The Bertz CT molecular complexity index is 651. The number of hydrogen-bond acceptors (Lipinski definition) is 4. The van der Waals surface area contributed by atoms with Crippen LogP contribution in [-0.2, 0) is 4.74 Å². The molecule has 0 bridgehead atoms. The van der Waals surface area contributed by atoms with Gasteiger partial charge in [0.1, 0.15) is 5.82 Å². The molecular formula is C16H19N3O2. The number of rotatable bonds is 4. The lowest BCUT2D eigenvalue weighted by atomic mass is 10.1. The summed E-state index contributed by atoms with van der Waals surface area (Å²) in [5, 5.41) is 3.76. The number of pyridine rings is 1. The van der Waals surface area contributed by atoms with Gasteiger partial charge >= 0.3 is 0 Å². The number of nitrogen functional groups attached to an aromatic ring is 1. The maximum atomic E-state index is 12.3. The Labute approximate surface area is 123 Å². The number of hydrogen-bond donors (Lipinski definition) is 2. The molecule has 0 saturated carbocycles. The molecule has 1 aromatic carbocycles. The first kappa shape index (κ1) is 13.8. The van der Waals surface area contributed by atoms with Gasteiger partial charge in [-0.1, -0.05) is 18.2 Å². The number of para-hydroxylation sites is 1. The summed E-state index contributed by atoms with van der Waals surface area (Å²) in [6, 6.07) is 9.15. The summed E-state index contributed by atoms with van der Waals surface area (Å²) in [4.78, 5) is 16.6. The predicted molar refractivity (Wildman–Crippen MR) is 82.1 cm³/mol. The van der Waals surface area contributed by atoms with Gasteiger partial charge in [0.25, 0.3) is 5.91 Å². The topological polar surface area (TPSA) is 77.2 Å². The molecule has 2 aromatic rings. The molecule has 1 aromatic heterocycles. The molecule has 1 atom stereocenters. The highest BCUT2D eigenvalue weighted by molar-refractivity contribution is 6.06. The smallest absolute Gasteiger partial charge is 0.252 e. The minimum atomic E-state index is -0.113. The summed E-state index contributed by atoms with van der Waals surface area (Å²) in [7, 11) is 0. The normalized spacial score (nSPS) is 18.0. The van der Waals surface area contributed by atoms with Crippen LogP contribution in [-0.4, -0.2) is 30.1 Å². The minimum Gasteiger partial charge on any atom is -0.384 e. The average molecular weight is 285 g/mol. The van der Waals surface area contributed by atoms with Crippen molar-refractivity contribution in [2.24, 2.45) is 0 Å².